The fraction of sp³-hybridized carbons (Fsp3) is 0.143. The smallest absolute Gasteiger partial charge is 0.389 e. The van der Waals surface area contributed by atoms with Crippen LogP contribution in [0.1, 0.15) is 5.56 Å². The Balaban J connectivity index is 3.31. The lowest BCUT2D eigenvalue weighted by Crippen LogP contribution is -1.87. The molecule has 0 heterocycles. The van der Waals surface area contributed by atoms with Gasteiger partial charge in [-0.05, 0) is 13.0 Å². The summed E-state index contributed by atoms with van der Waals surface area (Å²) in [4.78, 5) is 3.05. The summed E-state index contributed by atoms with van der Waals surface area (Å²) >= 11 is 0. The Kier molecular flexibility index (Phi) is 1.55. The lowest BCUT2D eigenvalue weighted by molar-refractivity contribution is 1.41. The Hall–Kier alpha value is -1.56. The standard InChI is InChI=1S/C7H8N3/c1-5-6(8)3-2-4-7(5)10-9/h2-4H,8H2,1H3/q+1. The quantitative estimate of drug-likeness (QED) is 0.436. The molecule has 0 fully saturated rings. The SMILES string of the molecule is Cc1c(N)cccc1[N+]#N. The fourth-order valence-electron chi connectivity index (χ4n) is 0.749. The van der Waals surface area contributed by atoms with Crippen LogP contribution in [0.5, 0.6) is 0 Å². The molecule has 0 aliphatic rings. The summed E-state index contributed by atoms with van der Waals surface area (Å²) in [6.07, 6.45) is 0. The minimum atomic E-state index is 0.528. The van der Waals surface area contributed by atoms with Crippen LogP contribution in [0.3, 0.4) is 0 Å². The summed E-state index contributed by atoms with van der Waals surface area (Å²) in [6, 6.07) is 5.22. The van der Waals surface area contributed by atoms with E-state index in [-0.39, 0.29) is 0 Å². The van der Waals surface area contributed by atoms with Crippen LogP contribution in [-0.2, 0) is 0 Å². The molecule has 3 heteroatoms. The van der Waals surface area contributed by atoms with Crippen molar-refractivity contribution in [3.05, 3.63) is 28.7 Å². The summed E-state index contributed by atoms with van der Waals surface area (Å²) in [5, 5.41) is 8.41. The van der Waals surface area contributed by atoms with Crippen LogP contribution in [0.2, 0.25) is 0 Å². The van der Waals surface area contributed by atoms with Gasteiger partial charge in [-0.25, -0.2) is 0 Å². The average molecular weight is 134 g/mol. The molecule has 1 rings (SSSR count). The molecule has 3 nitrogen and oxygen atoms in total. The first-order valence-corrected chi connectivity index (χ1v) is 2.96. The van der Waals surface area contributed by atoms with E-state index in [2.05, 4.69) is 4.98 Å². The van der Waals surface area contributed by atoms with Crippen molar-refractivity contribution in [2.75, 3.05) is 5.73 Å². The van der Waals surface area contributed by atoms with Crippen molar-refractivity contribution in [2.24, 2.45) is 0 Å². The van der Waals surface area contributed by atoms with E-state index in [9.17, 15) is 0 Å². The van der Waals surface area contributed by atoms with Crippen molar-refractivity contribution in [1.82, 2.24) is 0 Å². The van der Waals surface area contributed by atoms with E-state index in [1.165, 1.54) is 0 Å². The Morgan fingerprint density at radius 1 is 1.50 bits per heavy atom. The normalized spacial score (nSPS) is 8.80. The van der Waals surface area contributed by atoms with E-state index in [0.717, 1.165) is 5.56 Å². The van der Waals surface area contributed by atoms with Crippen molar-refractivity contribution in [1.29, 1.82) is 5.39 Å². The molecule has 2 N–H and O–H groups in total. The summed E-state index contributed by atoms with van der Waals surface area (Å²) in [5.74, 6) is 0. The van der Waals surface area contributed by atoms with Crippen LogP contribution in [0.4, 0.5) is 11.4 Å². The van der Waals surface area contributed by atoms with Gasteiger partial charge in [0.2, 0.25) is 5.39 Å². The van der Waals surface area contributed by atoms with Gasteiger partial charge in [-0.3, -0.25) is 0 Å². The van der Waals surface area contributed by atoms with Gasteiger partial charge < -0.3 is 5.73 Å². The topological polar surface area (TPSA) is 54.2 Å². The molecule has 0 aliphatic carbocycles. The number of nitrogens with zero attached hydrogens (tertiary/aromatic N) is 2. The minimum absolute atomic E-state index is 0.528. The van der Waals surface area contributed by atoms with Gasteiger partial charge in [0.1, 0.15) is 0 Å². The maximum atomic E-state index is 8.41. The highest BCUT2D eigenvalue weighted by molar-refractivity contribution is 5.62. The maximum absolute atomic E-state index is 8.41. The first-order chi connectivity index (χ1) is 4.75. The summed E-state index contributed by atoms with van der Waals surface area (Å²) < 4.78 is 0. The van der Waals surface area contributed by atoms with Gasteiger partial charge in [0, 0.05) is 11.8 Å². The maximum Gasteiger partial charge on any atom is 0.389 e. The molecule has 0 aliphatic heterocycles. The molecule has 0 amide bonds. The molecule has 0 saturated heterocycles. The van der Waals surface area contributed by atoms with Crippen molar-refractivity contribution >= 4 is 11.4 Å². The molecule has 50 valence electrons. The number of hydrogen-bond donors (Lipinski definition) is 1. The van der Waals surface area contributed by atoms with Gasteiger partial charge in [0.25, 0.3) is 0 Å². The van der Waals surface area contributed by atoms with E-state index >= 15 is 0 Å². The Morgan fingerprint density at radius 3 is 2.70 bits per heavy atom. The highest BCUT2D eigenvalue weighted by atomic mass is 14.9. The fourth-order valence-corrected chi connectivity index (χ4v) is 0.749. The lowest BCUT2D eigenvalue weighted by Gasteiger charge is -1.91. The molecule has 10 heavy (non-hydrogen) atoms. The third-order valence-corrected chi connectivity index (χ3v) is 1.45. The molecule has 0 unspecified atom stereocenters. The highest BCUT2D eigenvalue weighted by Gasteiger charge is 2.09. The first kappa shape index (κ1) is 6.56. The Morgan fingerprint density at radius 2 is 2.20 bits per heavy atom. The average Bonchev–Trinajstić information content (AvgIpc) is 1.95. The van der Waals surface area contributed by atoms with Gasteiger partial charge in [-0.2, -0.15) is 0 Å². The van der Waals surface area contributed by atoms with Crippen molar-refractivity contribution in [2.45, 2.75) is 6.92 Å². The zero-order valence-corrected chi connectivity index (χ0v) is 5.70. The lowest BCUT2D eigenvalue weighted by atomic mass is 10.2. The number of benzene rings is 1. The predicted octanol–water partition coefficient (Wildman–Crippen LogP) is 2.06. The summed E-state index contributed by atoms with van der Waals surface area (Å²) in [6.45, 7) is 1.81. The second-order valence-electron chi connectivity index (χ2n) is 2.09. The molecule has 0 atom stereocenters. The molecule has 1 aromatic carbocycles. The van der Waals surface area contributed by atoms with Crippen LogP contribution in [0.25, 0.3) is 4.98 Å². The molecule has 0 saturated carbocycles. The molecule has 0 bridgehead atoms. The second kappa shape index (κ2) is 2.36. The molecular formula is C7H8N3+. The molecule has 1 aromatic rings. The number of rotatable bonds is 0. The summed E-state index contributed by atoms with van der Waals surface area (Å²) in [7, 11) is 0. The Bertz CT molecular complexity index is 285. The van der Waals surface area contributed by atoms with E-state index in [0.29, 0.717) is 11.4 Å². The number of diazo groups is 1. The van der Waals surface area contributed by atoms with Crippen molar-refractivity contribution < 1.29 is 0 Å². The third-order valence-electron chi connectivity index (χ3n) is 1.45. The third kappa shape index (κ3) is 0.914. The zero-order valence-electron chi connectivity index (χ0n) is 5.70. The van der Waals surface area contributed by atoms with E-state index in [1.54, 1.807) is 18.2 Å². The van der Waals surface area contributed by atoms with Gasteiger partial charge in [0.05, 0.1) is 5.56 Å². The van der Waals surface area contributed by atoms with Crippen LogP contribution in [0, 0.1) is 12.3 Å². The van der Waals surface area contributed by atoms with Gasteiger partial charge in [-0.1, -0.05) is 6.07 Å². The van der Waals surface area contributed by atoms with Crippen LogP contribution >= 0.6 is 0 Å². The second-order valence-corrected chi connectivity index (χ2v) is 2.09. The Labute approximate surface area is 59.1 Å². The molecule has 0 spiro atoms. The van der Waals surface area contributed by atoms with Crippen LogP contribution in [0.15, 0.2) is 18.2 Å². The monoisotopic (exact) mass is 134 g/mol. The van der Waals surface area contributed by atoms with E-state index < -0.39 is 0 Å². The number of hydrogen-bond acceptors (Lipinski definition) is 2. The van der Waals surface area contributed by atoms with E-state index in [1.807, 2.05) is 6.92 Å². The van der Waals surface area contributed by atoms with Crippen molar-refractivity contribution in [3.8, 4) is 0 Å². The molecule has 0 radical (unpaired) electrons. The van der Waals surface area contributed by atoms with Crippen molar-refractivity contribution in [3.63, 3.8) is 0 Å². The van der Waals surface area contributed by atoms with Gasteiger partial charge >= 0.3 is 5.69 Å². The van der Waals surface area contributed by atoms with Gasteiger partial charge in [-0.15, -0.1) is 0 Å². The highest BCUT2D eigenvalue weighted by Crippen LogP contribution is 2.22. The first-order valence-electron chi connectivity index (χ1n) is 2.96. The number of nitrogens with two attached hydrogens (primary N) is 1. The number of anilines is 1. The van der Waals surface area contributed by atoms with Gasteiger partial charge in [0.15, 0.2) is 4.98 Å². The summed E-state index contributed by atoms with van der Waals surface area (Å²) in [5.41, 5.74) is 7.51. The molecular weight excluding hydrogens is 126 g/mol. The van der Waals surface area contributed by atoms with Crippen LogP contribution < -0.4 is 5.73 Å². The minimum Gasteiger partial charge on any atom is -0.398 e. The number of nitrogen functional groups attached to an aromatic ring is 1. The van der Waals surface area contributed by atoms with E-state index in [4.69, 9.17) is 11.1 Å². The molecule has 0 aromatic heterocycles. The largest absolute Gasteiger partial charge is 0.398 e. The zero-order chi connectivity index (χ0) is 7.56. The van der Waals surface area contributed by atoms with Crippen LogP contribution in [-0.4, -0.2) is 0 Å². The predicted molar refractivity (Wildman–Crippen MR) is 40.3 cm³/mol.